The molecule has 1 atom stereocenters. The van der Waals surface area contributed by atoms with Crippen molar-refractivity contribution in [2.75, 3.05) is 13.1 Å². The van der Waals surface area contributed by atoms with E-state index in [4.69, 9.17) is 4.98 Å². The van der Waals surface area contributed by atoms with E-state index in [9.17, 15) is 4.79 Å². The Balaban J connectivity index is 1.57. The zero-order valence-corrected chi connectivity index (χ0v) is 14.8. The molecule has 0 radical (unpaired) electrons. The van der Waals surface area contributed by atoms with E-state index in [2.05, 4.69) is 15.0 Å². The van der Waals surface area contributed by atoms with Gasteiger partial charge in [0.2, 0.25) is 0 Å². The number of aryl methyl sites for hydroxylation is 2. The Bertz CT molecular complexity index is 936. The number of pyridine rings is 1. The third kappa shape index (κ3) is 3.08. The van der Waals surface area contributed by atoms with Crippen molar-refractivity contribution in [3.63, 3.8) is 0 Å². The summed E-state index contributed by atoms with van der Waals surface area (Å²) in [5.41, 5.74) is 2.34. The summed E-state index contributed by atoms with van der Waals surface area (Å²) in [7, 11) is 1.95. The number of carbonyl (C=O) groups excluding carboxylic acids is 1. The normalized spacial score (nSPS) is 16.8. The van der Waals surface area contributed by atoms with Crippen LogP contribution in [-0.4, -0.2) is 48.4 Å². The van der Waals surface area contributed by atoms with Crippen molar-refractivity contribution in [3.05, 3.63) is 60.1 Å². The number of imidazole rings is 1. The topological polar surface area (TPSA) is 76.8 Å². The first-order chi connectivity index (χ1) is 12.6. The van der Waals surface area contributed by atoms with E-state index in [1.807, 2.05) is 35.7 Å². The molecule has 0 aromatic carbocycles. The Morgan fingerprint density at radius 2 is 2.15 bits per heavy atom. The average molecular weight is 348 g/mol. The van der Waals surface area contributed by atoms with Gasteiger partial charge in [-0.15, -0.1) is 0 Å². The molecule has 0 aliphatic carbocycles. The molecule has 0 saturated carbocycles. The second-order valence-electron chi connectivity index (χ2n) is 6.59. The van der Waals surface area contributed by atoms with E-state index in [0.717, 1.165) is 29.5 Å². The van der Waals surface area contributed by atoms with Crippen molar-refractivity contribution in [2.24, 2.45) is 7.05 Å². The maximum atomic E-state index is 12.6. The molecule has 0 unspecified atom stereocenters. The molecule has 1 fully saturated rings. The summed E-state index contributed by atoms with van der Waals surface area (Å²) < 4.78 is 1.94. The molecule has 0 N–H and O–H groups in total. The SMILES string of the molecule is Cc1cc(-c2nccn2C)nc([C@@H]2CCN(C(=O)c3cccnc3)C2)n1. The molecular formula is C19H20N6O. The van der Waals surface area contributed by atoms with E-state index in [1.54, 1.807) is 30.7 Å². The second kappa shape index (κ2) is 6.67. The van der Waals surface area contributed by atoms with Crippen molar-refractivity contribution in [2.45, 2.75) is 19.3 Å². The number of hydrogen-bond donors (Lipinski definition) is 0. The predicted octanol–water partition coefficient (Wildman–Crippen LogP) is 2.21. The van der Waals surface area contributed by atoms with Crippen LogP contribution in [0.5, 0.6) is 0 Å². The van der Waals surface area contributed by atoms with Crippen LogP contribution in [0.15, 0.2) is 43.0 Å². The minimum atomic E-state index is 0.0116. The predicted molar refractivity (Wildman–Crippen MR) is 96.5 cm³/mol. The fourth-order valence-electron chi connectivity index (χ4n) is 3.33. The Kier molecular flexibility index (Phi) is 4.20. The first-order valence-corrected chi connectivity index (χ1v) is 8.64. The van der Waals surface area contributed by atoms with Gasteiger partial charge in [0.25, 0.3) is 5.91 Å². The lowest BCUT2D eigenvalue weighted by Gasteiger charge is -2.16. The van der Waals surface area contributed by atoms with E-state index >= 15 is 0 Å². The molecular weight excluding hydrogens is 328 g/mol. The first-order valence-electron chi connectivity index (χ1n) is 8.64. The Labute approximate surface area is 151 Å². The van der Waals surface area contributed by atoms with Crippen molar-refractivity contribution >= 4 is 5.91 Å². The van der Waals surface area contributed by atoms with Gasteiger partial charge in [0.1, 0.15) is 11.5 Å². The molecule has 26 heavy (non-hydrogen) atoms. The van der Waals surface area contributed by atoms with E-state index in [0.29, 0.717) is 18.7 Å². The lowest BCUT2D eigenvalue weighted by Crippen LogP contribution is -2.28. The van der Waals surface area contributed by atoms with Crippen molar-refractivity contribution in [1.82, 2.24) is 29.4 Å². The minimum absolute atomic E-state index is 0.0116. The highest BCUT2D eigenvalue weighted by molar-refractivity contribution is 5.94. The summed E-state index contributed by atoms with van der Waals surface area (Å²) in [5.74, 6) is 1.75. The van der Waals surface area contributed by atoms with Crippen LogP contribution in [0.3, 0.4) is 0 Å². The van der Waals surface area contributed by atoms with E-state index < -0.39 is 0 Å². The summed E-state index contributed by atoms with van der Waals surface area (Å²) in [5, 5.41) is 0. The molecule has 7 nitrogen and oxygen atoms in total. The van der Waals surface area contributed by atoms with Crippen LogP contribution in [-0.2, 0) is 7.05 Å². The summed E-state index contributed by atoms with van der Waals surface area (Å²) in [6, 6.07) is 5.52. The Morgan fingerprint density at radius 3 is 2.88 bits per heavy atom. The van der Waals surface area contributed by atoms with Crippen LogP contribution in [0.2, 0.25) is 0 Å². The van der Waals surface area contributed by atoms with Crippen LogP contribution in [0.25, 0.3) is 11.5 Å². The largest absolute Gasteiger partial charge is 0.338 e. The molecule has 4 rings (SSSR count). The molecule has 4 heterocycles. The van der Waals surface area contributed by atoms with E-state index in [1.165, 1.54) is 0 Å². The van der Waals surface area contributed by atoms with Crippen LogP contribution < -0.4 is 0 Å². The van der Waals surface area contributed by atoms with Gasteiger partial charge in [0.05, 0.1) is 5.56 Å². The fourth-order valence-corrected chi connectivity index (χ4v) is 3.33. The minimum Gasteiger partial charge on any atom is -0.338 e. The molecule has 1 aliphatic heterocycles. The zero-order chi connectivity index (χ0) is 18.1. The second-order valence-corrected chi connectivity index (χ2v) is 6.59. The highest BCUT2D eigenvalue weighted by Gasteiger charge is 2.30. The van der Waals surface area contributed by atoms with Crippen LogP contribution in [0.1, 0.15) is 34.2 Å². The third-order valence-electron chi connectivity index (χ3n) is 4.67. The van der Waals surface area contributed by atoms with Crippen LogP contribution in [0, 0.1) is 6.92 Å². The molecule has 7 heteroatoms. The van der Waals surface area contributed by atoms with Gasteiger partial charge in [0, 0.05) is 56.5 Å². The van der Waals surface area contributed by atoms with Gasteiger partial charge in [-0.3, -0.25) is 9.78 Å². The monoisotopic (exact) mass is 348 g/mol. The highest BCUT2D eigenvalue weighted by Crippen LogP contribution is 2.27. The maximum absolute atomic E-state index is 12.6. The summed E-state index contributed by atoms with van der Waals surface area (Å²) in [4.78, 5) is 32.3. The summed E-state index contributed by atoms with van der Waals surface area (Å²) in [6.45, 7) is 3.29. The number of amides is 1. The fraction of sp³-hybridized carbons (Fsp3) is 0.316. The summed E-state index contributed by atoms with van der Waals surface area (Å²) >= 11 is 0. The molecule has 1 amide bonds. The van der Waals surface area contributed by atoms with Gasteiger partial charge < -0.3 is 9.47 Å². The number of likely N-dealkylation sites (tertiary alicyclic amines) is 1. The molecule has 0 bridgehead atoms. The number of rotatable bonds is 3. The standard InChI is InChI=1S/C19H20N6O/c1-13-10-16(18-21-7-9-24(18)2)23-17(22-13)15-5-8-25(12-15)19(26)14-4-3-6-20-11-14/h3-4,6-7,9-11,15H,5,8,12H2,1-2H3/t15-/m1/s1. The molecule has 0 spiro atoms. The summed E-state index contributed by atoms with van der Waals surface area (Å²) in [6.07, 6.45) is 7.80. The van der Waals surface area contributed by atoms with Gasteiger partial charge in [-0.05, 0) is 31.5 Å². The smallest absolute Gasteiger partial charge is 0.255 e. The number of carbonyl (C=O) groups is 1. The van der Waals surface area contributed by atoms with Crippen LogP contribution >= 0.6 is 0 Å². The third-order valence-corrected chi connectivity index (χ3v) is 4.67. The molecule has 3 aromatic rings. The van der Waals surface area contributed by atoms with Crippen molar-refractivity contribution < 1.29 is 4.79 Å². The van der Waals surface area contributed by atoms with Gasteiger partial charge in [-0.1, -0.05) is 0 Å². The van der Waals surface area contributed by atoms with Crippen molar-refractivity contribution in [3.8, 4) is 11.5 Å². The quantitative estimate of drug-likeness (QED) is 0.725. The lowest BCUT2D eigenvalue weighted by atomic mass is 10.1. The number of hydrogen-bond acceptors (Lipinski definition) is 5. The average Bonchev–Trinajstić information content (AvgIpc) is 3.30. The molecule has 1 aliphatic rings. The van der Waals surface area contributed by atoms with Gasteiger partial charge in [-0.2, -0.15) is 0 Å². The first kappa shape index (κ1) is 16.4. The molecule has 132 valence electrons. The Hall–Kier alpha value is -3.09. The van der Waals surface area contributed by atoms with Crippen LogP contribution in [0.4, 0.5) is 0 Å². The maximum Gasteiger partial charge on any atom is 0.255 e. The number of aromatic nitrogens is 5. The van der Waals surface area contributed by atoms with Gasteiger partial charge in [-0.25, -0.2) is 15.0 Å². The molecule has 1 saturated heterocycles. The number of nitrogens with zero attached hydrogens (tertiary/aromatic N) is 6. The molecule has 3 aromatic heterocycles. The zero-order valence-electron chi connectivity index (χ0n) is 14.8. The van der Waals surface area contributed by atoms with Gasteiger partial charge >= 0.3 is 0 Å². The lowest BCUT2D eigenvalue weighted by molar-refractivity contribution is 0.0790. The Morgan fingerprint density at radius 1 is 1.27 bits per heavy atom. The van der Waals surface area contributed by atoms with Gasteiger partial charge in [0.15, 0.2) is 5.82 Å². The highest BCUT2D eigenvalue weighted by atomic mass is 16.2. The van der Waals surface area contributed by atoms with E-state index in [-0.39, 0.29) is 11.8 Å². The van der Waals surface area contributed by atoms with Crippen molar-refractivity contribution in [1.29, 1.82) is 0 Å².